The Labute approximate surface area is 153 Å². The molecular weight excluding hydrogens is 315 g/mol. The van der Waals surface area contributed by atoms with Crippen LogP contribution in [0.3, 0.4) is 0 Å². The smallest absolute Gasteiger partial charge is 0.144 e. The number of rotatable bonds is 2. The lowest BCUT2D eigenvalue weighted by molar-refractivity contribution is 0.671. The van der Waals surface area contributed by atoms with Crippen LogP contribution < -0.4 is 5.46 Å². The highest BCUT2D eigenvalue weighted by Gasteiger charge is 2.10. The molecule has 0 spiro atoms. The molecule has 0 bridgehead atoms. The molecule has 0 fully saturated rings. The van der Waals surface area contributed by atoms with Gasteiger partial charge in [0.2, 0.25) is 0 Å². The van der Waals surface area contributed by atoms with Crippen molar-refractivity contribution in [1.82, 2.24) is 0 Å². The molecule has 0 N–H and O–H groups in total. The van der Waals surface area contributed by atoms with Gasteiger partial charge in [0, 0.05) is 10.8 Å². The Morgan fingerprint density at radius 1 is 0.538 bits per heavy atom. The Hall–Kier alpha value is -3.26. The van der Waals surface area contributed by atoms with Crippen LogP contribution in [0.5, 0.6) is 0 Å². The first-order valence-electron chi connectivity index (χ1n) is 8.87. The van der Waals surface area contributed by atoms with Crippen molar-refractivity contribution < 1.29 is 4.42 Å². The molecule has 0 amide bonds. The molecule has 5 aromatic rings. The van der Waals surface area contributed by atoms with E-state index in [1.165, 1.54) is 38.5 Å². The molecule has 0 saturated heterocycles. The second-order valence-electron chi connectivity index (χ2n) is 6.71. The molecule has 2 heteroatoms. The predicted molar refractivity (Wildman–Crippen MR) is 113 cm³/mol. The van der Waals surface area contributed by atoms with Gasteiger partial charge in [0.1, 0.15) is 19.0 Å². The van der Waals surface area contributed by atoms with Crippen LogP contribution in [0.15, 0.2) is 95.4 Å². The van der Waals surface area contributed by atoms with Gasteiger partial charge < -0.3 is 4.42 Å². The number of para-hydroxylation sites is 1. The zero-order valence-electron chi connectivity index (χ0n) is 14.6. The van der Waals surface area contributed by atoms with Crippen molar-refractivity contribution in [3.8, 4) is 22.3 Å². The van der Waals surface area contributed by atoms with E-state index in [1.54, 1.807) is 0 Å². The van der Waals surface area contributed by atoms with E-state index in [0.717, 1.165) is 11.2 Å². The average Bonchev–Trinajstić information content (AvgIpc) is 3.08. The molecule has 1 nitrogen and oxygen atoms in total. The van der Waals surface area contributed by atoms with Crippen molar-refractivity contribution in [3.63, 3.8) is 0 Å². The Bertz CT molecular complexity index is 1240. The monoisotopic (exact) mass is 332 g/mol. The summed E-state index contributed by atoms with van der Waals surface area (Å²) in [5, 5.41) is 2.35. The van der Waals surface area contributed by atoms with Gasteiger partial charge in [0.25, 0.3) is 0 Å². The summed E-state index contributed by atoms with van der Waals surface area (Å²) in [6.45, 7) is 0. The molecular formula is C24H17BO. The maximum Gasteiger partial charge on any atom is 0.144 e. The fourth-order valence-corrected chi connectivity index (χ4v) is 3.63. The third kappa shape index (κ3) is 2.43. The quantitative estimate of drug-likeness (QED) is 0.406. The Balaban J connectivity index is 1.68. The van der Waals surface area contributed by atoms with Crippen molar-refractivity contribution >= 4 is 35.2 Å². The van der Waals surface area contributed by atoms with Crippen molar-refractivity contribution in [3.05, 3.63) is 91.0 Å². The van der Waals surface area contributed by atoms with Crippen molar-refractivity contribution in [1.29, 1.82) is 0 Å². The second-order valence-corrected chi connectivity index (χ2v) is 6.71. The Morgan fingerprint density at radius 3 is 2.08 bits per heavy atom. The molecule has 0 atom stereocenters. The van der Waals surface area contributed by atoms with Crippen molar-refractivity contribution in [2.75, 3.05) is 0 Å². The van der Waals surface area contributed by atoms with Gasteiger partial charge in [-0.25, -0.2) is 0 Å². The minimum atomic E-state index is 0.942. The molecule has 1 aromatic heterocycles. The minimum Gasteiger partial charge on any atom is -0.457 e. The largest absolute Gasteiger partial charge is 0.457 e. The van der Waals surface area contributed by atoms with Crippen LogP contribution in [0.1, 0.15) is 0 Å². The number of hydrogen-bond acceptors (Lipinski definition) is 1. The number of hydrogen-bond donors (Lipinski definition) is 0. The van der Waals surface area contributed by atoms with Crippen LogP contribution in [0.2, 0.25) is 0 Å². The van der Waals surface area contributed by atoms with Gasteiger partial charge >= 0.3 is 0 Å². The van der Waals surface area contributed by atoms with E-state index in [-0.39, 0.29) is 0 Å². The maximum absolute atomic E-state index is 6.07. The highest BCUT2D eigenvalue weighted by molar-refractivity contribution is 6.39. The summed E-state index contributed by atoms with van der Waals surface area (Å²) in [6, 6.07) is 32.0. The molecule has 0 radical (unpaired) electrons. The topological polar surface area (TPSA) is 13.1 Å². The summed E-state index contributed by atoms with van der Waals surface area (Å²) in [6.07, 6.45) is 0. The molecule has 0 aliphatic carbocycles. The summed E-state index contributed by atoms with van der Waals surface area (Å²) in [4.78, 5) is 0. The first-order valence-corrected chi connectivity index (χ1v) is 8.87. The van der Waals surface area contributed by atoms with Crippen molar-refractivity contribution in [2.24, 2.45) is 0 Å². The molecule has 5 rings (SSSR count). The van der Waals surface area contributed by atoms with Crippen molar-refractivity contribution in [2.45, 2.75) is 0 Å². The van der Waals surface area contributed by atoms with Gasteiger partial charge in [0.05, 0.1) is 0 Å². The summed E-state index contributed by atoms with van der Waals surface area (Å²) in [5.41, 5.74) is 7.99. The molecule has 0 aliphatic rings. The van der Waals surface area contributed by atoms with Gasteiger partial charge in [0.15, 0.2) is 0 Å². The van der Waals surface area contributed by atoms with Gasteiger partial charge in [-0.3, -0.25) is 0 Å². The number of furan rings is 1. The molecule has 0 aliphatic heterocycles. The van der Waals surface area contributed by atoms with Crippen LogP contribution in [0.4, 0.5) is 0 Å². The van der Waals surface area contributed by atoms with E-state index in [2.05, 4.69) is 92.8 Å². The van der Waals surface area contributed by atoms with Crippen LogP contribution in [0.25, 0.3) is 44.2 Å². The Kier molecular flexibility index (Phi) is 3.43. The highest BCUT2D eigenvalue weighted by atomic mass is 16.3. The molecule has 0 unspecified atom stereocenters. The van der Waals surface area contributed by atoms with Crippen LogP contribution >= 0.6 is 0 Å². The van der Waals surface area contributed by atoms with E-state index in [1.807, 2.05) is 6.07 Å². The first kappa shape index (κ1) is 15.0. The summed E-state index contributed by atoms with van der Waals surface area (Å²) >= 11 is 0. The summed E-state index contributed by atoms with van der Waals surface area (Å²) in [7, 11) is 2.09. The minimum absolute atomic E-state index is 0.942. The van der Waals surface area contributed by atoms with E-state index >= 15 is 0 Å². The van der Waals surface area contributed by atoms with Gasteiger partial charge in [-0.15, -0.1) is 0 Å². The van der Waals surface area contributed by atoms with E-state index in [9.17, 15) is 0 Å². The normalized spacial score (nSPS) is 11.2. The molecule has 122 valence electrons. The SMILES string of the molecule is Bc1cccc2c1oc1ccc(-c3cccc(-c4ccccc4)c3)cc12. The zero-order valence-corrected chi connectivity index (χ0v) is 14.6. The van der Waals surface area contributed by atoms with Crippen LogP contribution in [0, 0.1) is 0 Å². The van der Waals surface area contributed by atoms with Crippen LogP contribution in [-0.4, -0.2) is 7.85 Å². The number of benzene rings is 4. The van der Waals surface area contributed by atoms with E-state index < -0.39 is 0 Å². The predicted octanol–water partition coefficient (Wildman–Crippen LogP) is 5.18. The lowest BCUT2D eigenvalue weighted by Crippen LogP contribution is -2.00. The highest BCUT2D eigenvalue weighted by Crippen LogP contribution is 2.33. The van der Waals surface area contributed by atoms with Gasteiger partial charge in [-0.1, -0.05) is 72.8 Å². The lowest BCUT2D eigenvalue weighted by Gasteiger charge is -2.06. The fraction of sp³-hybridized carbons (Fsp3) is 0. The summed E-state index contributed by atoms with van der Waals surface area (Å²) in [5.74, 6) is 0. The molecule has 0 saturated carbocycles. The van der Waals surface area contributed by atoms with E-state index in [4.69, 9.17) is 4.42 Å². The van der Waals surface area contributed by atoms with E-state index in [0.29, 0.717) is 0 Å². The number of fused-ring (bicyclic) bond motifs is 3. The maximum atomic E-state index is 6.07. The fourth-order valence-electron chi connectivity index (χ4n) is 3.63. The zero-order chi connectivity index (χ0) is 17.5. The first-order chi connectivity index (χ1) is 12.8. The standard InChI is InChI=1S/C24H17BO/c25-22-11-5-10-20-21-15-19(12-13-23(21)26-24(20)22)18-9-4-8-17(14-18)16-6-2-1-3-7-16/h1-15H,25H2. The molecule has 1 heterocycles. The summed E-state index contributed by atoms with van der Waals surface area (Å²) < 4.78 is 6.07. The third-order valence-electron chi connectivity index (χ3n) is 5.00. The van der Waals surface area contributed by atoms with Crippen LogP contribution in [-0.2, 0) is 0 Å². The molecule has 26 heavy (non-hydrogen) atoms. The Morgan fingerprint density at radius 2 is 1.23 bits per heavy atom. The lowest BCUT2D eigenvalue weighted by atomic mass is 9.93. The average molecular weight is 332 g/mol. The second kappa shape index (κ2) is 5.92. The van der Waals surface area contributed by atoms with Gasteiger partial charge in [-0.05, 0) is 45.9 Å². The van der Waals surface area contributed by atoms with Gasteiger partial charge in [-0.2, -0.15) is 0 Å². The third-order valence-corrected chi connectivity index (χ3v) is 5.00. The molecule has 4 aromatic carbocycles.